The van der Waals surface area contributed by atoms with Gasteiger partial charge in [0, 0.05) is 49.7 Å². The summed E-state index contributed by atoms with van der Waals surface area (Å²) in [5.41, 5.74) is 5.92. The Bertz CT molecular complexity index is 1550. The lowest BCUT2D eigenvalue weighted by Crippen LogP contribution is -2.47. The van der Waals surface area contributed by atoms with Crippen molar-refractivity contribution in [1.29, 1.82) is 0 Å². The molecule has 2 N–H and O–H groups in total. The smallest absolute Gasteiger partial charge is 0.255 e. The van der Waals surface area contributed by atoms with Crippen molar-refractivity contribution in [3.63, 3.8) is 0 Å². The third kappa shape index (κ3) is 8.44. The molecular formula is C38H44N4O3. The topological polar surface area (TPSA) is 73.9 Å². The van der Waals surface area contributed by atoms with Crippen molar-refractivity contribution in [2.75, 3.05) is 48.4 Å². The van der Waals surface area contributed by atoms with E-state index in [-0.39, 0.29) is 11.8 Å². The normalized spacial score (nSPS) is 12.9. The lowest BCUT2D eigenvalue weighted by atomic mass is 10.0. The first-order valence-electron chi connectivity index (χ1n) is 16.0. The third-order valence-electron chi connectivity index (χ3n) is 8.38. The van der Waals surface area contributed by atoms with E-state index in [1.54, 1.807) is 13.2 Å². The number of nitrogens with zero attached hydrogens (tertiary/aromatic N) is 2. The molecule has 4 aromatic carbocycles. The van der Waals surface area contributed by atoms with Gasteiger partial charge in [-0.3, -0.25) is 9.59 Å². The zero-order valence-corrected chi connectivity index (χ0v) is 26.4. The summed E-state index contributed by atoms with van der Waals surface area (Å²) < 4.78 is 5.59. The molecule has 1 aliphatic heterocycles. The summed E-state index contributed by atoms with van der Waals surface area (Å²) >= 11 is 0. The Balaban J connectivity index is 1.30. The molecule has 5 rings (SSSR count). The first-order chi connectivity index (χ1) is 22.1. The van der Waals surface area contributed by atoms with Crippen LogP contribution in [0.15, 0.2) is 97.1 Å². The number of hydrogen-bond donors (Lipinski definition) is 2. The van der Waals surface area contributed by atoms with Crippen molar-refractivity contribution >= 4 is 28.9 Å². The molecule has 0 bridgehead atoms. The molecule has 7 nitrogen and oxygen atoms in total. The van der Waals surface area contributed by atoms with E-state index in [4.69, 9.17) is 4.74 Å². The molecule has 1 heterocycles. The average Bonchev–Trinajstić information content (AvgIpc) is 3.10. The quantitative estimate of drug-likeness (QED) is 0.156. The van der Waals surface area contributed by atoms with Crippen molar-refractivity contribution in [2.24, 2.45) is 0 Å². The summed E-state index contributed by atoms with van der Waals surface area (Å²) in [6, 6.07) is 31.4. The Morgan fingerprint density at radius 3 is 2.11 bits per heavy atom. The highest BCUT2D eigenvalue weighted by molar-refractivity contribution is 6.06. The Hall–Kier alpha value is -4.78. The maximum atomic E-state index is 13.6. The maximum Gasteiger partial charge on any atom is 0.255 e. The molecule has 1 saturated heterocycles. The van der Waals surface area contributed by atoms with Crippen molar-refractivity contribution in [1.82, 2.24) is 5.32 Å². The van der Waals surface area contributed by atoms with Gasteiger partial charge in [0.1, 0.15) is 5.75 Å². The van der Waals surface area contributed by atoms with E-state index in [1.165, 1.54) is 24.8 Å². The number of nitrogens with one attached hydrogen (secondary N) is 2. The molecule has 45 heavy (non-hydrogen) atoms. The monoisotopic (exact) mass is 604 g/mol. The SMILES string of the molecule is CCCCCCc1ccc(C(=O)Nc2ccc(N3CCN(c4ccccc4OC)CC3)c(C(=O)NCc3ccccc3)c2)cc1. The van der Waals surface area contributed by atoms with Crippen LogP contribution in [0.25, 0.3) is 0 Å². The predicted octanol–water partition coefficient (Wildman–Crippen LogP) is 7.33. The van der Waals surface area contributed by atoms with Crippen molar-refractivity contribution in [3.05, 3.63) is 119 Å². The van der Waals surface area contributed by atoms with Gasteiger partial charge in [-0.1, -0.05) is 80.8 Å². The summed E-state index contributed by atoms with van der Waals surface area (Å²) in [7, 11) is 1.69. The average molecular weight is 605 g/mol. The molecule has 0 saturated carbocycles. The maximum absolute atomic E-state index is 13.6. The standard InChI is InChI=1S/C38H44N4O3/c1-3-4-5-7-12-29-17-19-31(20-18-29)37(43)40-32-21-22-34(33(27-32)38(44)39-28-30-13-8-6-9-14-30)41-23-25-42(26-24-41)35-15-10-11-16-36(35)45-2/h6,8-11,13-22,27H,3-5,7,12,23-26,28H2,1-2H3,(H,39,44)(H,40,43). The fourth-order valence-electron chi connectivity index (χ4n) is 5.81. The number of unbranched alkanes of at least 4 members (excludes halogenated alkanes) is 3. The van der Waals surface area contributed by atoms with Gasteiger partial charge < -0.3 is 25.2 Å². The summed E-state index contributed by atoms with van der Waals surface area (Å²) in [6.07, 6.45) is 5.89. The summed E-state index contributed by atoms with van der Waals surface area (Å²) in [5.74, 6) is 0.486. The molecule has 0 unspecified atom stereocenters. The van der Waals surface area contributed by atoms with Gasteiger partial charge in [0.15, 0.2) is 0 Å². The molecule has 0 atom stereocenters. The van der Waals surface area contributed by atoms with Crippen molar-refractivity contribution in [2.45, 2.75) is 45.6 Å². The number of piperazine rings is 1. The molecule has 234 valence electrons. The van der Waals surface area contributed by atoms with Gasteiger partial charge in [-0.25, -0.2) is 0 Å². The Labute approximate surface area is 267 Å². The molecule has 4 aromatic rings. The van der Waals surface area contributed by atoms with E-state index in [0.29, 0.717) is 23.4 Å². The van der Waals surface area contributed by atoms with E-state index in [9.17, 15) is 9.59 Å². The number of amides is 2. The lowest BCUT2D eigenvalue weighted by Gasteiger charge is -2.38. The molecule has 2 amide bonds. The molecule has 0 aliphatic carbocycles. The molecule has 7 heteroatoms. The Morgan fingerprint density at radius 1 is 0.711 bits per heavy atom. The highest BCUT2D eigenvalue weighted by atomic mass is 16.5. The zero-order valence-electron chi connectivity index (χ0n) is 26.4. The van der Waals surface area contributed by atoms with Gasteiger partial charge in [0.05, 0.1) is 18.4 Å². The van der Waals surface area contributed by atoms with E-state index in [0.717, 1.165) is 61.7 Å². The van der Waals surface area contributed by atoms with Crippen LogP contribution in [0, 0.1) is 0 Å². The van der Waals surface area contributed by atoms with Crippen LogP contribution in [0.5, 0.6) is 5.75 Å². The summed E-state index contributed by atoms with van der Waals surface area (Å²) in [4.78, 5) is 31.4. The molecule has 1 aliphatic rings. The van der Waals surface area contributed by atoms with Gasteiger partial charge in [-0.05, 0) is 66.4 Å². The van der Waals surface area contributed by atoms with Crippen LogP contribution in [0.1, 0.15) is 64.4 Å². The van der Waals surface area contributed by atoms with Crippen LogP contribution in [0.3, 0.4) is 0 Å². The first kappa shape index (κ1) is 31.6. The Kier molecular flexibility index (Phi) is 11.1. The fourth-order valence-corrected chi connectivity index (χ4v) is 5.81. The molecule has 1 fully saturated rings. The highest BCUT2D eigenvalue weighted by Gasteiger charge is 2.24. The van der Waals surface area contributed by atoms with E-state index >= 15 is 0 Å². The lowest BCUT2D eigenvalue weighted by molar-refractivity contribution is 0.0950. The summed E-state index contributed by atoms with van der Waals surface area (Å²) in [6.45, 7) is 5.70. The third-order valence-corrected chi connectivity index (χ3v) is 8.38. The minimum Gasteiger partial charge on any atom is -0.495 e. The molecule has 0 aromatic heterocycles. The van der Waals surface area contributed by atoms with Crippen molar-refractivity contribution < 1.29 is 14.3 Å². The number of rotatable bonds is 13. The van der Waals surface area contributed by atoms with Crippen LogP contribution in [0.2, 0.25) is 0 Å². The van der Waals surface area contributed by atoms with Crippen LogP contribution in [-0.4, -0.2) is 45.1 Å². The molecule has 0 spiro atoms. The second-order valence-electron chi connectivity index (χ2n) is 11.5. The molecular weight excluding hydrogens is 560 g/mol. The highest BCUT2D eigenvalue weighted by Crippen LogP contribution is 2.31. The summed E-state index contributed by atoms with van der Waals surface area (Å²) in [5, 5.41) is 6.10. The van der Waals surface area contributed by atoms with Gasteiger partial charge in [-0.15, -0.1) is 0 Å². The van der Waals surface area contributed by atoms with Crippen LogP contribution in [0.4, 0.5) is 17.1 Å². The number of methoxy groups -OCH3 is 1. The minimum atomic E-state index is -0.193. The van der Waals surface area contributed by atoms with E-state index < -0.39 is 0 Å². The van der Waals surface area contributed by atoms with E-state index in [1.807, 2.05) is 84.9 Å². The number of hydrogen-bond acceptors (Lipinski definition) is 5. The van der Waals surface area contributed by atoms with Gasteiger partial charge >= 0.3 is 0 Å². The number of carbonyl (C=O) groups excluding carboxylic acids is 2. The zero-order chi connectivity index (χ0) is 31.4. The van der Waals surface area contributed by atoms with Crippen LogP contribution in [-0.2, 0) is 13.0 Å². The minimum absolute atomic E-state index is 0.176. The van der Waals surface area contributed by atoms with Crippen molar-refractivity contribution in [3.8, 4) is 5.75 Å². The Morgan fingerprint density at radius 2 is 1.40 bits per heavy atom. The number of para-hydroxylation sites is 2. The van der Waals surface area contributed by atoms with Gasteiger partial charge in [0.2, 0.25) is 0 Å². The number of aryl methyl sites for hydroxylation is 1. The second-order valence-corrected chi connectivity index (χ2v) is 11.5. The van der Waals surface area contributed by atoms with Crippen LogP contribution < -0.4 is 25.2 Å². The van der Waals surface area contributed by atoms with Gasteiger partial charge in [-0.2, -0.15) is 0 Å². The number of ether oxygens (including phenoxy) is 1. The largest absolute Gasteiger partial charge is 0.495 e. The van der Waals surface area contributed by atoms with E-state index in [2.05, 4.69) is 33.4 Å². The number of carbonyl (C=O) groups is 2. The molecule has 0 radical (unpaired) electrons. The number of anilines is 3. The predicted molar refractivity (Wildman–Crippen MR) is 184 cm³/mol. The fraction of sp³-hybridized carbons (Fsp3) is 0.316. The van der Waals surface area contributed by atoms with Crippen LogP contribution >= 0.6 is 0 Å². The number of benzene rings is 4. The van der Waals surface area contributed by atoms with Gasteiger partial charge in [0.25, 0.3) is 11.8 Å². The second kappa shape index (κ2) is 15.8. The first-order valence-corrected chi connectivity index (χ1v) is 16.0.